The molecule has 2 atom stereocenters. The maximum atomic E-state index is 13.3. The van der Waals surface area contributed by atoms with Gasteiger partial charge in [0.15, 0.2) is 6.10 Å². The van der Waals surface area contributed by atoms with Crippen molar-refractivity contribution in [3.8, 4) is 5.75 Å². The molecular formula is C29H35N5O4. The molecule has 200 valence electrons. The number of nitrogens with one attached hydrogen (secondary N) is 1. The van der Waals surface area contributed by atoms with Crippen molar-refractivity contribution in [1.29, 1.82) is 0 Å². The smallest absolute Gasteiger partial charge is 0.251 e. The minimum absolute atomic E-state index is 0.0158. The van der Waals surface area contributed by atoms with Gasteiger partial charge in [-0.15, -0.1) is 5.10 Å². The Bertz CT molecular complexity index is 1370. The van der Waals surface area contributed by atoms with Crippen LogP contribution in [-0.4, -0.2) is 50.2 Å². The van der Waals surface area contributed by atoms with Crippen molar-refractivity contribution >= 4 is 16.8 Å². The molecule has 5 aliphatic rings. The summed E-state index contributed by atoms with van der Waals surface area (Å²) in [6.07, 6.45) is 11.1. The summed E-state index contributed by atoms with van der Waals surface area (Å²) >= 11 is 0. The molecule has 1 unspecified atom stereocenters. The number of ether oxygens (including phenoxy) is 3. The first-order chi connectivity index (χ1) is 18.4. The van der Waals surface area contributed by atoms with Crippen LogP contribution in [0.4, 0.5) is 0 Å². The third-order valence-electron chi connectivity index (χ3n) is 8.93. The Morgan fingerprint density at radius 3 is 2.92 bits per heavy atom. The number of nitrogens with zero attached hydrogens (tertiary/aromatic N) is 4. The highest BCUT2D eigenvalue weighted by Gasteiger charge is 2.69. The number of amides is 1. The van der Waals surface area contributed by atoms with E-state index in [-0.39, 0.29) is 23.7 Å². The predicted molar refractivity (Wildman–Crippen MR) is 140 cm³/mol. The van der Waals surface area contributed by atoms with Crippen LogP contribution in [0.3, 0.4) is 0 Å². The van der Waals surface area contributed by atoms with Gasteiger partial charge in [0.1, 0.15) is 23.1 Å². The van der Waals surface area contributed by atoms with E-state index in [1.54, 1.807) is 0 Å². The van der Waals surface area contributed by atoms with Crippen LogP contribution in [0.5, 0.6) is 5.75 Å². The summed E-state index contributed by atoms with van der Waals surface area (Å²) in [4.78, 5) is 17.9. The van der Waals surface area contributed by atoms with Crippen LogP contribution in [-0.2, 0) is 32.8 Å². The zero-order valence-electron chi connectivity index (χ0n) is 22.1. The molecule has 2 saturated carbocycles. The second-order valence-corrected chi connectivity index (χ2v) is 11.8. The van der Waals surface area contributed by atoms with Gasteiger partial charge in [-0.1, -0.05) is 24.5 Å². The van der Waals surface area contributed by atoms with Crippen LogP contribution in [0, 0.1) is 0 Å². The van der Waals surface area contributed by atoms with Crippen molar-refractivity contribution in [2.75, 3.05) is 6.61 Å². The summed E-state index contributed by atoms with van der Waals surface area (Å²) < 4.78 is 20.1. The van der Waals surface area contributed by atoms with E-state index in [9.17, 15) is 4.79 Å². The van der Waals surface area contributed by atoms with Crippen molar-refractivity contribution < 1.29 is 19.0 Å². The highest BCUT2D eigenvalue weighted by molar-refractivity contribution is 5.85. The number of carbonyl (C=O) groups is 1. The maximum absolute atomic E-state index is 13.3. The van der Waals surface area contributed by atoms with Crippen molar-refractivity contribution in [2.24, 2.45) is 0 Å². The fraction of sp³-hybridized carbons (Fsp3) is 0.586. The first-order valence-electron chi connectivity index (χ1n) is 14.0. The number of benzene rings is 1. The molecule has 1 aromatic carbocycles. The van der Waals surface area contributed by atoms with E-state index in [0.29, 0.717) is 6.61 Å². The average Bonchev–Trinajstić information content (AvgIpc) is 3.60. The molecule has 1 N–H and O–H groups in total. The lowest BCUT2D eigenvalue weighted by Gasteiger charge is -2.42. The summed E-state index contributed by atoms with van der Waals surface area (Å²) in [6, 6.07) is 6.27. The average molecular weight is 518 g/mol. The standard InChI is InChI=1S/C29H35N5O4/c1-18(37-21-8-9-24-23(12-21)22-10-11-36-15-19(22)13-30-24)25-14-34(33-32-25)29-16-28(2,17-29)38-26(29)27(35)31-20-6-4-3-5-7-20/h8-9,12-14,18,20,26H,3-7,10-11,15-17H2,1-2H3,(H,31,35)/t18-,26?,28?,29?/m1/s1. The fourth-order valence-electron chi connectivity index (χ4n) is 7.07. The second kappa shape index (κ2) is 9.02. The van der Waals surface area contributed by atoms with Gasteiger partial charge in [-0.25, -0.2) is 4.68 Å². The Morgan fingerprint density at radius 2 is 2.08 bits per heavy atom. The molecule has 8 rings (SSSR count). The topological polar surface area (TPSA) is 100 Å². The molecule has 2 aromatic heterocycles. The Morgan fingerprint density at radius 1 is 1.24 bits per heavy atom. The molecule has 9 nitrogen and oxygen atoms in total. The van der Waals surface area contributed by atoms with Gasteiger partial charge in [-0.2, -0.15) is 0 Å². The summed E-state index contributed by atoms with van der Waals surface area (Å²) in [5, 5.41) is 13.3. The lowest BCUT2D eigenvalue weighted by atomic mass is 9.67. The Hall–Kier alpha value is -3.04. The van der Waals surface area contributed by atoms with Gasteiger partial charge in [-0.05, 0) is 62.4 Å². The highest BCUT2D eigenvalue weighted by atomic mass is 16.5. The highest BCUT2D eigenvalue weighted by Crippen LogP contribution is 2.59. The molecule has 4 fully saturated rings. The van der Waals surface area contributed by atoms with E-state index >= 15 is 0 Å². The normalized spacial score (nSPS) is 29.5. The fourth-order valence-corrected chi connectivity index (χ4v) is 7.07. The number of hydrogen-bond donors (Lipinski definition) is 1. The number of hydrogen-bond acceptors (Lipinski definition) is 7. The second-order valence-electron chi connectivity index (χ2n) is 11.8. The van der Waals surface area contributed by atoms with Crippen LogP contribution in [0.25, 0.3) is 10.9 Å². The molecule has 1 amide bonds. The molecule has 2 bridgehead atoms. The minimum Gasteiger partial charge on any atom is -0.484 e. The largest absolute Gasteiger partial charge is 0.484 e. The Kier molecular flexibility index (Phi) is 5.70. The number of pyridine rings is 1. The van der Waals surface area contributed by atoms with Crippen LogP contribution >= 0.6 is 0 Å². The van der Waals surface area contributed by atoms with E-state index in [0.717, 1.165) is 66.6 Å². The third kappa shape index (κ3) is 3.98. The number of carbonyl (C=O) groups excluding carboxylic acids is 1. The van der Waals surface area contributed by atoms with Gasteiger partial charge < -0.3 is 19.5 Å². The molecule has 9 heteroatoms. The van der Waals surface area contributed by atoms with Gasteiger partial charge in [0.25, 0.3) is 5.91 Å². The van der Waals surface area contributed by atoms with Crippen molar-refractivity contribution in [3.63, 3.8) is 0 Å². The Balaban J connectivity index is 1.09. The SMILES string of the molecule is C[C@@H](Oc1ccc2ncc3c(c2c1)CCOC3)c1cn(C23CC(C)(C2)OC3C(=O)NC2CCCCC2)nn1. The van der Waals surface area contributed by atoms with Crippen molar-refractivity contribution in [3.05, 3.63) is 47.4 Å². The molecule has 3 aliphatic heterocycles. The number of aromatic nitrogens is 4. The molecule has 2 aliphatic carbocycles. The number of rotatable bonds is 6. The predicted octanol–water partition coefficient (Wildman–Crippen LogP) is 4.13. The third-order valence-corrected chi connectivity index (χ3v) is 8.93. The molecule has 3 aromatic rings. The molecule has 2 saturated heterocycles. The first kappa shape index (κ1) is 24.0. The van der Waals surface area contributed by atoms with Crippen LogP contribution in [0.15, 0.2) is 30.6 Å². The van der Waals surface area contributed by atoms with Crippen molar-refractivity contribution in [1.82, 2.24) is 25.3 Å². The lowest BCUT2D eigenvalue weighted by Crippen LogP contribution is -2.55. The molecule has 0 radical (unpaired) electrons. The summed E-state index contributed by atoms with van der Waals surface area (Å²) in [7, 11) is 0. The summed E-state index contributed by atoms with van der Waals surface area (Å²) in [6.45, 7) is 5.39. The van der Waals surface area contributed by atoms with Gasteiger partial charge in [0, 0.05) is 30.5 Å². The van der Waals surface area contributed by atoms with E-state index < -0.39 is 11.6 Å². The molecular weight excluding hydrogens is 482 g/mol. The minimum atomic E-state index is -0.552. The van der Waals surface area contributed by atoms with Gasteiger partial charge in [0.05, 0.1) is 30.5 Å². The van der Waals surface area contributed by atoms with E-state index in [1.165, 1.54) is 24.8 Å². The molecule has 38 heavy (non-hydrogen) atoms. The molecule has 5 heterocycles. The van der Waals surface area contributed by atoms with Crippen LogP contribution in [0.1, 0.15) is 81.7 Å². The summed E-state index contributed by atoms with van der Waals surface area (Å²) in [5.74, 6) is 0.752. The van der Waals surface area contributed by atoms with Gasteiger partial charge in [0.2, 0.25) is 0 Å². The zero-order valence-corrected chi connectivity index (χ0v) is 22.1. The van der Waals surface area contributed by atoms with Gasteiger partial charge in [-0.3, -0.25) is 9.78 Å². The van der Waals surface area contributed by atoms with Crippen LogP contribution < -0.4 is 10.1 Å². The first-order valence-corrected chi connectivity index (χ1v) is 14.0. The quantitative estimate of drug-likeness (QED) is 0.525. The zero-order chi connectivity index (χ0) is 25.9. The van der Waals surface area contributed by atoms with E-state index in [2.05, 4.69) is 33.6 Å². The summed E-state index contributed by atoms with van der Waals surface area (Å²) in [5.41, 5.74) is 3.34. The van der Waals surface area contributed by atoms with Crippen molar-refractivity contribution in [2.45, 2.75) is 101 Å². The van der Waals surface area contributed by atoms with Crippen LogP contribution in [0.2, 0.25) is 0 Å². The Labute approximate surface area is 222 Å². The van der Waals surface area contributed by atoms with E-state index in [4.69, 9.17) is 14.2 Å². The lowest BCUT2D eigenvalue weighted by molar-refractivity contribution is -0.134. The number of fused-ring (bicyclic) bond motifs is 4. The monoisotopic (exact) mass is 517 g/mol. The van der Waals surface area contributed by atoms with E-state index in [1.807, 2.05) is 36.1 Å². The molecule has 0 spiro atoms. The van der Waals surface area contributed by atoms with Gasteiger partial charge >= 0.3 is 0 Å². The maximum Gasteiger partial charge on any atom is 0.251 e.